The molecule has 20 heavy (non-hydrogen) atoms. The van der Waals surface area contributed by atoms with Crippen molar-refractivity contribution in [3.63, 3.8) is 0 Å². The molecule has 0 aliphatic heterocycles. The van der Waals surface area contributed by atoms with Gasteiger partial charge in [0.15, 0.2) is 0 Å². The molecule has 0 aromatic carbocycles. The molecule has 0 saturated carbocycles. The van der Waals surface area contributed by atoms with E-state index in [1.54, 1.807) is 11.3 Å². The first kappa shape index (κ1) is 17.7. The molecule has 0 radical (unpaired) electrons. The Hall–Kier alpha value is -0.340. The average molecular weight is 296 g/mol. The van der Waals surface area contributed by atoms with E-state index in [0.717, 1.165) is 6.04 Å². The van der Waals surface area contributed by atoms with Crippen LogP contribution in [0, 0.1) is 0 Å². The molecule has 116 valence electrons. The molecule has 2 heteroatoms. The van der Waals surface area contributed by atoms with Crippen molar-refractivity contribution in [1.82, 2.24) is 5.32 Å². The minimum atomic E-state index is 0.595. The lowest BCUT2D eigenvalue weighted by Crippen LogP contribution is -2.37. The van der Waals surface area contributed by atoms with E-state index in [0.29, 0.717) is 6.04 Å². The van der Waals surface area contributed by atoms with E-state index in [9.17, 15) is 0 Å². The van der Waals surface area contributed by atoms with Crippen LogP contribution >= 0.6 is 11.3 Å². The minimum absolute atomic E-state index is 0.595. The average Bonchev–Trinajstić information content (AvgIpc) is 2.91. The van der Waals surface area contributed by atoms with E-state index < -0.39 is 0 Å². The highest BCUT2D eigenvalue weighted by Gasteiger charge is 2.12. The second-order valence-electron chi connectivity index (χ2n) is 6.09. The Bertz CT molecular complexity index is 297. The molecule has 0 bridgehead atoms. The van der Waals surface area contributed by atoms with Crippen molar-refractivity contribution in [1.29, 1.82) is 0 Å². The maximum atomic E-state index is 3.88. The molecule has 0 fully saturated rings. The Balaban J connectivity index is 2.32. The summed E-state index contributed by atoms with van der Waals surface area (Å²) in [6.07, 6.45) is 12.0. The Morgan fingerprint density at radius 2 is 1.70 bits per heavy atom. The maximum absolute atomic E-state index is 3.88. The molecule has 1 atom stereocenters. The molecule has 0 saturated heterocycles. The SMILES string of the molecule is CCCCCC(CCCCC)NC(C)Cc1ccsc1. The maximum Gasteiger partial charge on any atom is 0.00820 e. The van der Waals surface area contributed by atoms with Crippen molar-refractivity contribution < 1.29 is 0 Å². The van der Waals surface area contributed by atoms with Crippen LogP contribution in [0.5, 0.6) is 0 Å². The van der Waals surface area contributed by atoms with Crippen LogP contribution in [-0.2, 0) is 6.42 Å². The van der Waals surface area contributed by atoms with Gasteiger partial charge in [-0.2, -0.15) is 11.3 Å². The van der Waals surface area contributed by atoms with Gasteiger partial charge in [-0.05, 0) is 48.6 Å². The second kappa shape index (κ2) is 11.3. The van der Waals surface area contributed by atoms with Gasteiger partial charge < -0.3 is 5.32 Å². The van der Waals surface area contributed by atoms with Crippen molar-refractivity contribution in [2.45, 2.75) is 90.6 Å². The minimum Gasteiger partial charge on any atom is -0.311 e. The molecule has 1 aromatic heterocycles. The topological polar surface area (TPSA) is 12.0 Å². The fraction of sp³-hybridized carbons (Fsp3) is 0.778. The Morgan fingerprint density at radius 1 is 1.05 bits per heavy atom. The van der Waals surface area contributed by atoms with Crippen LogP contribution in [0.4, 0.5) is 0 Å². The second-order valence-corrected chi connectivity index (χ2v) is 6.87. The molecule has 1 unspecified atom stereocenters. The number of hydrogen-bond donors (Lipinski definition) is 1. The summed E-state index contributed by atoms with van der Waals surface area (Å²) >= 11 is 1.81. The Kier molecular flexibility index (Phi) is 10.0. The lowest BCUT2D eigenvalue weighted by molar-refractivity contribution is 0.378. The summed E-state index contributed by atoms with van der Waals surface area (Å²) in [7, 11) is 0. The van der Waals surface area contributed by atoms with Crippen LogP contribution in [0.1, 0.15) is 77.7 Å². The quantitative estimate of drug-likeness (QED) is 0.481. The van der Waals surface area contributed by atoms with Crippen molar-refractivity contribution in [2.75, 3.05) is 0 Å². The number of thiophene rings is 1. The van der Waals surface area contributed by atoms with Gasteiger partial charge in [-0.1, -0.05) is 52.4 Å². The molecule has 1 nitrogen and oxygen atoms in total. The van der Waals surface area contributed by atoms with Crippen LogP contribution < -0.4 is 5.32 Å². The van der Waals surface area contributed by atoms with Crippen molar-refractivity contribution in [2.24, 2.45) is 0 Å². The number of nitrogens with one attached hydrogen (secondary N) is 1. The van der Waals surface area contributed by atoms with E-state index >= 15 is 0 Å². The fourth-order valence-corrected chi connectivity index (χ4v) is 3.50. The Labute approximate surface area is 130 Å². The first-order valence-electron chi connectivity index (χ1n) is 8.53. The summed E-state index contributed by atoms with van der Waals surface area (Å²) in [5, 5.41) is 8.34. The molecule has 0 amide bonds. The van der Waals surface area contributed by atoms with Gasteiger partial charge in [0.25, 0.3) is 0 Å². The third kappa shape index (κ3) is 8.06. The molecule has 1 rings (SSSR count). The third-order valence-electron chi connectivity index (χ3n) is 3.95. The van der Waals surface area contributed by atoms with Gasteiger partial charge >= 0.3 is 0 Å². The summed E-state index contributed by atoms with van der Waals surface area (Å²) < 4.78 is 0. The fourth-order valence-electron chi connectivity index (χ4n) is 2.82. The summed E-state index contributed by atoms with van der Waals surface area (Å²) in [4.78, 5) is 0. The molecule has 0 spiro atoms. The van der Waals surface area contributed by atoms with Crippen LogP contribution in [-0.4, -0.2) is 12.1 Å². The third-order valence-corrected chi connectivity index (χ3v) is 4.69. The van der Waals surface area contributed by atoms with Crippen molar-refractivity contribution in [3.8, 4) is 0 Å². The summed E-state index contributed by atoms with van der Waals surface area (Å²) in [5.74, 6) is 0. The number of rotatable bonds is 12. The number of unbranched alkanes of at least 4 members (excludes halogenated alkanes) is 4. The number of hydrogen-bond acceptors (Lipinski definition) is 2. The highest BCUT2D eigenvalue weighted by molar-refractivity contribution is 7.07. The van der Waals surface area contributed by atoms with Gasteiger partial charge in [0.05, 0.1) is 0 Å². The van der Waals surface area contributed by atoms with E-state index in [1.165, 1.54) is 63.4 Å². The molecule has 0 aliphatic carbocycles. The van der Waals surface area contributed by atoms with Gasteiger partial charge in [0.2, 0.25) is 0 Å². The van der Waals surface area contributed by atoms with Crippen molar-refractivity contribution in [3.05, 3.63) is 22.4 Å². The molecular formula is C18H33NS. The highest BCUT2D eigenvalue weighted by Crippen LogP contribution is 2.14. The predicted molar refractivity (Wildman–Crippen MR) is 92.7 cm³/mol. The van der Waals surface area contributed by atoms with Gasteiger partial charge in [0, 0.05) is 12.1 Å². The molecular weight excluding hydrogens is 262 g/mol. The summed E-state index contributed by atoms with van der Waals surface area (Å²) in [5.41, 5.74) is 1.48. The normalized spacial score (nSPS) is 13.0. The van der Waals surface area contributed by atoms with Gasteiger partial charge in [-0.15, -0.1) is 0 Å². The molecule has 1 heterocycles. The lowest BCUT2D eigenvalue weighted by Gasteiger charge is -2.23. The zero-order chi connectivity index (χ0) is 14.6. The summed E-state index contributed by atoms with van der Waals surface area (Å²) in [6, 6.07) is 3.58. The van der Waals surface area contributed by atoms with Crippen LogP contribution in [0.2, 0.25) is 0 Å². The standard InChI is InChI=1S/C18H33NS/c1-4-6-8-10-18(11-9-7-5-2)19-16(3)14-17-12-13-20-15-17/h12-13,15-16,18-19H,4-11,14H2,1-3H3. The summed E-state index contributed by atoms with van der Waals surface area (Å²) in [6.45, 7) is 6.92. The van der Waals surface area contributed by atoms with Crippen LogP contribution in [0.3, 0.4) is 0 Å². The Morgan fingerprint density at radius 3 is 2.20 bits per heavy atom. The predicted octanol–water partition coefficient (Wildman–Crippen LogP) is 5.80. The highest BCUT2D eigenvalue weighted by atomic mass is 32.1. The van der Waals surface area contributed by atoms with E-state index in [1.807, 2.05) is 0 Å². The van der Waals surface area contributed by atoms with E-state index in [2.05, 4.69) is 42.9 Å². The largest absolute Gasteiger partial charge is 0.311 e. The van der Waals surface area contributed by atoms with Gasteiger partial charge in [-0.3, -0.25) is 0 Å². The van der Waals surface area contributed by atoms with E-state index in [4.69, 9.17) is 0 Å². The van der Waals surface area contributed by atoms with E-state index in [-0.39, 0.29) is 0 Å². The molecule has 1 aromatic rings. The van der Waals surface area contributed by atoms with Crippen LogP contribution in [0.15, 0.2) is 16.8 Å². The zero-order valence-electron chi connectivity index (χ0n) is 13.7. The van der Waals surface area contributed by atoms with Gasteiger partial charge in [0.1, 0.15) is 0 Å². The molecule has 0 aliphatic rings. The smallest absolute Gasteiger partial charge is 0.00820 e. The molecule has 1 N–H and O–H groups in total. The zero-order valence-corrected chi connectivity index (χ0v) is 14.5. The van der Waals surface area contributed by atoms with Gasteiger partial charge in [-0.25, -0.2) is 0 Å². The monoisotopic (exact) mass is 295 g/mol. The van der Waals surface area contributed by atoms with Crippen molar-refractivity contribution >= 4 is 11.3 Å². The van der Waals surface area contributed by atoms with Crippen LogP contribution in [0.25, 0.3) is 0 Å². The lowest BCUT2D eigenvalue weighted by atomic mass is 10.00. The first-order valence-corrected chi connectivity index (χ1v) is 9.47. The first-order chi connectivity index (χ1) is 9.76.